The molecule has 1 heterocycles. The minimum absolute atomic E-state index is 0.0889. The van der Waals surface area contributed by atoms with Crippen molar-refractivity contribution in [1.82, 2.24) is 0 Å². The van der Waals surface area contributed by atoms with E-state index in [2.05, 4.69) is 4.74 Å². The van der Waals surface area contributed by atoms with Crippen LogP contribution in [0.15, 0.2) is 0 Å². The van der Waals surface area contributed by atoms with Crippen LogP contribution in [-0.2, 0) is 19.0 Å². The third kappa shape index (κ3) is 1.74. The van der Waals surface area contributed by atoms with E-state index in [-0.39, 0.29) is 13.2 Å². The molecule has 0 spiro atoms. The molecule has 0 saturated carbocycles. The smallest absolute Gasteiger partial charge is 0.366 e. The van der Waals surface area contributed by atoms with E-state index in [1.807, 2.05) is 0 Å². The summed E-state index contributed by atoms with van der Waals surface area (Å²) in [6.07, 6.45) is -0.664. The number of carbonyl (C=O) groups excluding carboxylic acids is 1. The highest BCUT2D eigenvalue weighted by Gasteiger charge is 2.41. The lowest BCUT2D eigenvalue weighted by Crippen LogP contribution is -2.50. The average Bonchev–Trinajstić information content (AvgIpc) is 2.09. The van der Waals surface area contributed by atoms with E-state index in [0.29, 0.717) is 0 Å². The van der Waals surface area contributed by atoms with Crippen molar-refractivity contribution >= 4 is 5.97 Å². The standard InChI is InChI=1S/C7H12O5/c1-7(6(9)10-2)11-3-5(8)4-12-7/h5,8H,3-4H2,1-2H3. The van der Waals surface area contributed by atoms with Crippen LogP contribution in [0.1, 0.15) is 6.92 Å². The second-order valence-electron chi connectivity index (χ2n) is 2.71. The number of esters is 1. The third-order valence-electron chi connectivity index (χ3n) is 1.66. The topological polar surface area (TPSA) is 65.0 Å². The summed E-state index contributed by atoms with van der Waals surface area (Å²) in [6.45, 7) is 1.64. The Bertz CT molecular complexity index is 171. The van der Waals surface area contributed by atoms with Crippen molar-refractivity contribution in [2.24, 2.45) is 0 Å². The largest absolute Gasteiger partial charge is 0.465 e. The molecule has 0 aromatic heterocycles. The van der Waals surface area contributed by atoms with Crippen LogP contribution in [0.5, 0.6) is 0 Å². The summed E-state index contributed by atoms with van der Waals surface area (Å²) in [5, 5.41) is 8.99. The molecule has 12 heavy (non-hydrogen) atoms. The van der Waals surface area contributed by atoms with Crippen LogP contribution in [0.3, 0.4) is 0 Å². The number of ether oxygens (including phenoxy) is 3. The number of hydrogen-bond donors (Lipinski definition) is 1. The maximum Gasteiger partial charge on any atom is 0.366 e. The molecular weight excluding hydrogens is 164 g/mol. The third-order valence-corrected chi connectivity index (χ3v) is 1.66. The lowest BCUT2D eigenvalue weighted by atomic mass is 10.2. The molecule has 0 amide bonds. The molecule has 0 bridgehead atoms. The van der Waals surface area contributed by atoms with Crippen LogP contribution < -0.4 is 0 Å². The summed E-state index contributed by atoms with van der Waals surface area (Å²) in [5.41, 5.74) is 0. The van der Waals surface area contributed by atoms with Gasteiger partial charge in [0.1, 0.15) is 6.10 Å². The van der Waals surface area contributed by atoms with Gasteiger partial charge >= 0.3 is 5.97 Å². The average molecular weight is 176 g/mol. The van der Waals surface area contributed by atoms with Gasteiger partial charge in [0.15, 0.2) is 0 Å². The van der Waals surface area contributed by atoms with Crippen LogP contribution in [-0.4, -0.2) is 43.3 Å². The highest BCUT2D eigenvalue weighted by molar-refractivity contribution is 5.77. The maximum absolute atomic E-state index is 11.0. The fraction of sp³-hybridized carbons (Fsp3) is 0.857. The van der Waals surface area contributed by atoms with E-state index in [1.165, 1.54) is 14.0 Å². The summed E-state index contributed by atoms with van der Waals surface area (Å²) < 4.78 is 14.4. The monoisotopic (exact) mass is 176 g/mol. The Morgan fingerprint density at radius 1 is 1.58 bits per heavy atom. The molecule has 1 N–H and O–H groups in total. The van der Waals surface area contributed by atoms with Gasteiger partial charge in [-0.2, -0.15) is 0 Å². The van der Waals surface area contributed by atoms with Gasteiger partial charge in [0.2, 0.25) is 0 Å². The van der Waals surface area contributed by atoms with Gasteiger partial charge in [-0.25, -0.2) is 4.79 Å². The molecule has 1 aliphatic heterocycles. The zero-order chi connectivity index (χ0) is 9.19. The zero-order valence-electron chi connectivity index (χ0n) is 7.07. The van der Waals surface area contributed by atoms with Gasteiger partial charge < -0.3 is 19.3 Å². The maximum atomic E-state index is 11.0. The summed E-state index contributed by atoms with van der Waals surface area (Å²) >= 11 is 0. The zero-order valence-corrected chi connectivity index (χ0v) is 7.07. The SMILES string of the molecule is COC(=O)C1(C)OCC(O)CO1. The highest BCUT2D eigenvalue weighted by atomic mass is 16.7. The fourth-order valence-corrected chi connectivity index (χ4v) is 0.903. The van der Waals surface area contributed by atoms with E-state index in [4.69, 9.17) is 14.6 Å². The number of rotatable bonds is 1. The molecule has 0 aromatic carbocycles. The van der Waals surface area contributed by atoms with Crippen molar-refractivity contribution in [2.75, 3.05) is 20.3 Å². The molecule has 0 aliphatic carbocycles. The van der Waals surface area contributed by atoms with Crippen LogP contribution in [0.2, 0.25) is 0 Å². The number of carbonyl (C=O) groups is 1. The van der Waals surface area contributed by atoms with Gasteiger partial charge in [-0.15, -0.1) is 0 Å². The predicted octanol–water partition coefficient (Wildman–Crippen LogP) is -0.717. The van der Waals surface area contributed by atoms with Crippen LogP contribution in [0.4, 0.5) is 0 Å². The Hall–Kier alpha value is -0.650. The van der Waals surface area contributed by atoms with Gasteiger partial charge in [-0.3, -0.25) is 0 Å². The molecule has 0 radical (unpaired) electrons. The van der Waals surface area contributed by atoms with Gasteiger partial charge in [-0.05, 0) is 0 Å². The van der Waals surface area contributed by atoms with Crippen molar-refractivity contribution in [3.63, 3.8) is 0 Å². The van der Waals surface area contributed by atoms with Gasteiger partial charge in [0.25, 0.3) is 5.79 Å². The molecule has 1 fully saturated rings. The summed E-state index contributed by atoms with van der Waals surface area (Å²) in [6, 6.07) is 0. The Labute approximate surface area is 70.2 Å². The van der Waals surface area contributed by atoms with Crippen molar-refractivity contribution < 1.29 is 24.1 Å². The minimum Gasteiger partial charge on any atom is -0.465 e. The quantitative estimate of drug-likeness (QED) is 0.534. The van der Waals surface area contributed by atoms with E-state index in [1.54, 1.807) is 0 Å². The summed E-state index contributed by atoms with van der Waals surface area (Å²) in [7, 11) is 1.26. The highest BCUT2D eigenvalue weighted by Crippen LogP contribution is 2.19. The first-order valence-electron chi connectivity index (χ1n) is 3.63. The molecule has 5 nitrogen and oxygen atoms in total. The molecule has 70 valence electrons. The van der Waals surface area contributed by atoms with Crippen molar-refractivity contribution in [3.8, 4) is 0 Å². The van der Waals surface area contributed by atoms with Gasteiger partial charge in [0, 0.05) is 6.92 Å². The Morgan fingerprint density at radius 3 is 2.50 bits per heavy atom. The van der Waals surface area contributed by atoms with Crippen molar-refractivity contribution in [3.05, 3.63) is 0 Å². The van der Waals surface area contributed by atoms with Crippen molar-refractivity contribution in [2.45, 2.75) is 18.8 Å². The van der Waals surface area contributed by atoms with E-state index < -0.39 is 17.9 Å². The second kappa shape index (κ2) is 3.38. The first-order valence-corrected chi connectivity index (χ1v) is 3.63. The molecule has 0 aromatic rings. The first-order chi connectivity index (χ1) is 5.58. The summed E-state index contributed by atoms with van der Waals surface area (Å²) in [4.78, 5) is 11.0. The van der Waals surface area contributed by atoms with Gasteiger partial charge in [-0.1, -0.05) is 0 Å². The van der Waals surface area contributed by atoms with Crippen LogP contribution >= 0.6 is 0 Å². The Balaban J connectivity index is 2.55. The van der Waals surface area contributed by atoms with Crippen molar-refractivity contribution in [1.29, 1.82) is 0 Å². The normalized spacial score (nSPS) is 36.1. The van der Waals surface area contributed by atoms with Crippen LogP contribution in [0, 0.1) is 0 Å². The molecule has 5 heteroatoms. The molecule has 0 unspecified atom stereocenters. The number of hydrogen-bond acceptors (Lipinski definition) is 5. The predicted molar refractivity (Wildman–Crippen MR) is 38.3 cm³/mol. The Morgan fingerprint density at radius 2 is 2.08 bits per heavy atom. The van der Waals surface area contributed by atoms with Gasteiger partial charge in [0.05, 0.1) is 20.3 Å². The Kier molecular flexibility index (Phi) is 2.66. The number of methoxy groups -OCH3 is 1. The lowest BCUT2D eigenvalue weighted by molar-refractivity contribution is -0.280. The fourth-order valence-electron chi connectivity index (χ4n) is 0.903. The molecule has 1 aliphatic rings. The minimum atomic E-state index is -1.35. The van der Waals surface area contributed by atoms with Crippen LogP contribution in [0.25, 0.3) is 0 Å². The molecule has 0 atom stereocenters. The number of aliphatic hydroxyl groups is 1. The molecule has 1 saturated heterocycles. The second-order valence-corrected chi connectivity index (χ2v) is 2.71. The number of aliphatic hydroxyl groups excluding tert-OH is 1. The van der Waals surface area contributed by atoms with E-state index in [0.717, 1.165) is 0 Å². The lowest BCUT2D eigenvalue weighted by Gasteiger charge is -2.33. The van der Waals surface area contributed by atoms with E-state index >= 15 is 0 Å². The molecular formula is C7H12O5. The van der Waals surface area contributed by atoms with E-state index in [9.17, 15) is 4.79 Å². The summed E-state index contributed by atoms with van der Waals surface area (Å²) in [5.74, 6) is -1.94. The first kappa shape index (κ1) is 9.44. The molecule has 1 rings (SSSR count).